The molecule has 1 N–H and O–H groups in total. The van der Waals surface area contributed by atoms with Gasteiger partial charge in [-0.25, -0.2) is 14.8 Å². The van der Waals surface area contributed by atoms with Gasteiger partial charge < -0.3 is 19.7 Å². The van der Waals surface area contributed by atoms with Gasteiger partial charge in [-0.1, -0.05) is 30.3 Å². The molecule has 31 heavy (non-hydrogen) atoms. The first kappa shape index (κ1) is 19.1. The van der Waals surface area contributed by atoms with Crippen molar-refractivity contribution in [3.05, 3.63) is 78.9 Å². The zero-order chi connectivity index (χ0) is 21.2. The van der Waals surface area contributed by atoms with E-state index in [-0.39, 0.29) is 6.03 Å². The molecule has 1 aliphatic rings. The molecular formula is C24H24N6O. The number of hydrogen-bond donors (Lipinski definition) is 1. The molecule has 4 aromatic rings. The van der Waals surface area contributed by atoms with Crippen LogP contribution in [0.1, 0.15) is 5.82 Å². The van der Waals surface area contributed by atoms with Crippen LogP contribution < -0.4 is 10.2 Å². The fraction of sp³-hybridized carbons (Fsp3) is 0.208. The van der Waals surface area contributed by atoms with Crippen LogP contribution in [0.5, 0.6) is 0 Å². The molecule has 0 atom stereocenters. The molecule has 2 aromatic carbocycles. The van der Waals surface area contributed by atoms with Crippen molar-refractivity contribution in [2.45, 2.75) is 6.92 Å². The number of urea groups is 1. The van der Waals surface area contributed by atoms with E-state index in [0.717, 1.165) is 47.0 Å². The number of piperazine rings is 1. The molecule has 1 fully saturated rings. The van der Waals surface area contributed by atoms with Crippen molar-refractivity contribution in [3.63, 3.8) is 0 Å². The smallest absolute Gasteiger partial charge is 0.321 e. The summed E-state index contributed by atoms with van der Waals surface area (Å²) in [4.78, 5) is 26.0. The van der Waals surface area contributed by atoms with Gasteiger partial charge in [0.1, 0.15) is 17.5 Å². The SMILES string of the molecule is Cc1nc(N2CCN(C(=O)Nc3ccc4ccccc4c3)CC2)cc(-n2cccc2)n1. The standard InChI is InChI=1S/C24H24N6O/c1-18-25-22(28-10-4-5-11-28)17-23(26-18)29-12-14-30(15-13-29)24(31)27-21-9-8-19-6-2-3-7-20(19)16-21/h2-11,16-17H,12-15H2,1H3,(H,27,31). The van der Waals surface area contributed by atoms with Gasteiger partial charge in [0, 0.05) is 50.3 Å². The molecule has 156 valence electrons. The van der Waals surface area contributed by atoms with Crippen molar-refractivity contribution in [2.24, 2.45) is 0 Å². The van der Waals surface area contributed by atoms with Crippen LogP contribution in [0.25, 0.3) is 16.6 Å². The molecule has 7 heteroatoms. The van der Waals surface area contributed by atoms with E-state index in [9.17, 15) is 4.79 Å². The molecule has 2 amide bonds. The summed E-state index contributed by atoms with van der Waals surface area (Å²) in [6, 6.07) is 20.0. The number of carbonyl (C=O) groups excluding carboxylic acids is 1. The van der Waals surface area contributed by atoms with Crippen LogP contribution in [0.15, 0.2) is 73.1 Å². The van der Waals surface area contributed by atoms with Crippen LogP contribution >= 0.6 is 0 Å². The van der Waals surface area contributed by atoms with Crippen LogP contribution in [0.3, 0.4) is 0 Å². The minimum Gasteiger partial charge on any atom is -0.353 e. The minimum atomic E-state index is -0.0678. The molecule has 2 aromatic heterocycles. The third kappa shape index (κ3) is 4.07. The number of nitrogens with zero attached hydrogens (tertiary/aromatic N) is 5. The first-order valence-corrected chi connectivity index (χ1v) is 10.4. The van der Waals surface area contributed by atoms with E-state index in [1.165, 1.54) is 0 Å². The van der Waals surface area contributed by atoms with Crippen molar-refractivity contribution in [1.82, 2.24) is 19.4 Å². The zero-order valence-electron chi connectivity index (χ0n) is 17.4. The van der Waals surface area contributed by atoms with Gasteiger partial charge in [-0.3, -0.25) is 0 Å². The second-order valence-corrected chi connectivity index (χ2v) is 7.69. The van der Waals surface area contributed by atoms with E-state index in [1.807, 2.05) is 77.3 Å². The predicted molar refractivity (Wildman–Crippen MR) is 123 cm³/mol. The number of carbonyl (C=O) groups is 1. The van der Waals surface area contributed by atoms with Crippen molar-refractivity contribution >= 4 is 28.3 Å². The third-order valence-electron chi connectivity index (χ3n) is 5.57. The average molecular weight is 412 g/mol. The van der Waals surface area contributed by atoms with Crippen molar-refractivity contribution < 1.29 is 4.79 Å². The highest BCUT2D eigenvalue weighted by Gasteiger charge is 2.22. The van der Waals surface area contributed by atoms with Gasteiger partial charge in [0.2, 0.25) is 0 Å². The number of aryl methyl sites for hydroxylation is 1. The second kappa shape index (κ2) is 8.10. The van der Waals surface area contributed by atoms with Gasteiger partial charge in [-0.2, -0.15) is 0 Å². The van der Waals surface area contributed by atoms with Crippen LogP contribution in [0, 0.1) is 6.92 Å². The molecule has 0 bridgehead atoms. The van der Waals surface area contributed by atoms with Crippen molar-refractivity contribution in [3.8, 4) is 5.82 Å². The number of amides is 2. The normalized spacial score (nSPS) is 14.1. The Morgan fingerprint density at radius 2 is 1.55 bits per heavy atom. The summed E-state index contributed by atoms with van der Waals surface area (Å²) < 4.78 is 1.98. The van der Waals surface area contributed by atoms with E-state index in [1.54, 1.807) is 0 Å². The summed E-state index contributed by atoms with van der Waals surface area (Å²) in [6.45, 7) is 4.64. The molecule has 0 unspecified atom stereocenters. The van der Waals surface area contributed by atoms with Crippen LogP contribution in [0.4, 0.5) is 16.3 Å². The number of aromatic nitrogens is 3. The van der Waals surface area contributed by atoms with Crippen molar-refractivity contribution in [2.75, 3.05) is 36.4 Å². The lowest BCUT2D eigenvalue weighted by Gasteiger charge is -2.35. The minimum absolute atomic E-state index is 0.0678. The van der Waals surface area contributed by atoms with Crippen LogP contribution in [-0.2, 0) is 0 Å². The molecular weight excluding hydrogens is 388 g/mol. The molecule has 5 rings (SSSR count). The largest absolute Gasteiger partial charge is 0.353 e. The predicted octanol–water partition coefficient (Wildman–Crippen LogP) is 4.08. The summed E-state index contributed by atoms with van der Waals surface area (Å²) in [7, 11) is 0. The van der Waals surface area contributed by atoms with E-state index < -0.39 is 0 Å². The Balaban J connectivity index is 1.24. The lowest BCUT2D eigenvalue weighted by molar-refractivity contribution is 0.208. The first-order chi connectivity index (χ1) is 15.2. The third-order valence-corrected chi connectivity index (χ3v) is 5.57. The second-order valence-electron chi connectivity index (χ2n) is 7.69. The highest BCUT2D eigenvalue weighted by molar-refractivity contribution is 5.93. The van der Waals surface area contributed by atoms with Gasteiger partial charge >= 0.3 is 6.03 Å². The Morgan fingerprint density at radius 1 is 0.839 bits per heavy atom. The summed E-state index contributed by atoms with van der Waals surface area (Å²) >= 11 is 0. The molecule has 0 spiro atoms. The monoisotopic (exact) mass is 412 g/mol. The van der Waals surface area contributed by atoms with Gasteiger partial charge in [0.05, 0.1) is 0 Å². The highest BCUT2D eigenvalue weighted by Crippen LogP contribution is 2.21. The molecule has 0 radical (unpaired) electrons. The van der Waals surface area contributed by atoms with Gasteiger partial charge in [-0.15, -0.1) is 0 Å². The number of benzene rings is 2. The maximum Gasteiger partial charge on any atom is 0.321 e. The lowest BCUT2D eigenvalue weighted by atomic mass is 10.1. The average Bonchev–Trinajstić information content (AvgIpc) is 3.34. The highest BCUT2D eigenvalue weighted by atomic mass is 16.2. The fourth-order valence-electron chi connectivity index (χ4n) is 3.93. The molecule has 0 aliphatic carbocycles. The number of rotatable bonds is 3. The van der Waals surface area contributed by atoms with Gasteiger partial charge in [-0.05, 0) is 42.0 Å². The topological polar surface area (TPSA) is 66.3 Å². The Bertz CT molecular complexity index is 1210. The first-order valence-electron chi connectivity index (χ1n) is 10.4. The number of hydrogen-bond acceptors (Lipinski definition) is 4. The van der Waals surface area contributed by atoms with Crippen LogP contribution in [-0.4, -0.2) is 51.6 Å². The maximum atomic E-state index is 12.8. The van der Waals surface area contributed by atoms with Gasteiger partial charge in [0.15, 0.2) is 0 Å². The number of anilines is 2. The molecule has 7 nitrogen and oxygen atoms in total. The van der Waals surface area contributed by atoms with Crippen LogP contribution in [0.2, 0.25) is 0 Å². The molecule has 3 heterocycles. The van der Waals surface area contributed by atoms with E-state index in [2.05, 4.69) is 32.3 Å². The Morgan fingerprint density at radius 3 is 2.32 bits per heavy atom. The van der Waals surface area contributed by atoms with E-state index >= 15 is 0 Å². The summed E-state index contributed by atoms with van der Waals surface area (Å²) in [5.41, 5.74) is 0.814. The lowest BCUT2D eigenvalue weighted by Crippen LogP contribution is -2.50. The molecule has 1 saturated heterocycles. The summed E-state index contributed by atoms with van der Waals surface area (Å²) in [6.07, 6.45) is 3.95. The van der Waals surface area contributed by atoms with E-state index in [0.29, 0.717) is 13.1 Å². The Kier molecular flexibility index (Phi) is 5.00. The van der Waals surface area contributed by atoms with Crippen molar-refractivity contribution in [1.29, 1.82) is 0 Å². The molecule has 0 saturated carbocycles. The van der Waals surface area contributed by atoms with E-state index in [4.69, 9.17) is 0 Å². The Hall–Kier alpha value is -3.87. The quantitative estimate of drug-likeness (QED) is 0.551. The summed E-state index contributed by atoms with van der Waals surface area (Å²) in [5, 5.41) is 5.31. The fourth-order valence-corrected chi connectivity index (χ4v) is 3.93. The maximum absolute atomic E-state index is 12.8. The Labute approximate surface area is 181 Å². The molecule has 1 aliphatic heterocycles. The zero-order valence-corrected chi connectivity index (χ0v) is 17.4. The number of fused-ring (bicyclic) bond motifs is 1. The van der Waals surface area contributed by atoms with Gasteiger partial charge in [0.25, 0.3) is 0 Å². The summed E-state index contributed by atoms with van der Waals surface area (Å²) in [5.74, 6) is 2.48. The number of nitrogens with one attached hydrogen (secondary N) is 1.